The molecule has 0 aromatic rings. The highest BCUT2D eigenvalue weighted by molar-refractivity contribution is 7.47. The minimum atomic E-state index is -4.97. The van der Waals surface area contributed by atoms with Crippen LogP contribution < -0.4 is 0 Å². The lowest BCUT2D eigenvalue weighted by Crippen LogP contribution is -2.30. The second-order valence-electron chi connectivity index (χ2n) is 31.4. The van der Waals surface area contributed by atoms with E-state index in [1.54, 1.807) is 0 Å². The zero-order valence-corrected chi connectivity index (χ0v) is 70.7. The van der Waals surface area contributed by atoms with Crippen LogP contribution in [0.4, 0.5) is 0 Å². The van der Waals surface area contributed by atoms with Gasteiger partial charge in [-0.25, -0.2) is 9.13 Å². The third kappa shape index (κ3) is 79.9. The molecule has 0 spiro atoms. The lowest BCUT2D eigenvalue weighted by Gasteiger charge is -2.21. The van der Waals surface area contributed by atoms with E-state index in [0.29, 0.717) is 25.7 Å². The molecular formula is C86H168O17P2. The molecule has 0 fully saturated rings. The van der Waals surface area contributed by atoms with Gasteiger partial charge in [0.25, 0.3) is 0 Å². The van der Waals surface area contributed by atoms with Gasteiger partial charge in [-0.3, -0.25) is 37.3 Å². The van der Waals surface area contributed by atoms with E-state index in [1.807, 2.05) is 0 Å². The SMILES string of the molecule is CCCCCCCCCCCCCCCCCCCCCC(=O)OC[C@H](COP(=O)(O)OC[C@@H](O)COP(=O)(O)OC[C@@H](COC(=O)CCCCCCCCCCCCCC)OC(=O)CCCCCCCCCCCCCCC)OC(=O)CCCCCCCCCCCCCCCCCCCCC(C)C. The molecular weight excluding hydrogens is 1370 g/mol. The van der Waals surface area contributed by atoms with E-state index in [4.69, 9.17) is 37.0 Å². The third-order valence-electron chi connectivity index (χ3n) is 20.3. The molecule has 0 radical (unpaired) electrons. The molecule has 3 N–H and O–H groups in total. The van der Waals surface area contributed by atoms with E-state index in [-0.39, 0.29) is 25.7 Å². The van der Waals surface area contributed by atoms with E-state index in [1.165, 1.54) is 289 Å². The number of carbonyl (C=O) groups excluding carboxylic acids is 4. The number of rotatable bonds is 86. The second-order valence-corrected chi connectivity index (χ2v) is 34.3. The van der Waals surface area contributed by atoms with Gasteiger partial charge in [-0.2, -0.15) is 0 Å². The number of aliphatic hydroxyl groups is 1. The van der Waals surface area contributed by atoms with Gasteiger partial charge in [0.2, 0.25) is 0 Å². The topological polar surface area (TPSA) is 237 Å². The summed E-state index contributed by atoms with van der Waals surface area (Å²) in [7, 11) is -9.93. The predicted octanol–water partition coefficient (Wildman–Crippen LogP) is 26.4. The Labute approximate surface area is 645 Å². The van der Waals surface area contributed by atoms with Crippen LogP contribution in [0.2, 0.25) is 0 Å². The van der Waals surface area contributed by atoms with Crippen molar-refractivity contribution in [3.63, 3.8) is 0 Å². The first-order valence-electron chi connectivity index (χ1n) is 44.6. The number of unbranched alkanes of at least 4 members (excludes halogenated alkanes) is 58. The summed E-state index contributed by atoms with van der Waals surface area (Å²) in [6.45, 7) is 7.40. The maximum atomic E-state index is 13.1. The number of hydrogen-bond donors (Lipinski definition) is 3. The largest absolute Gasteiger partial charge is 0.472 e. The van der Waals surface area contributed by atoms with Crippen molar-refractivity contribution in [2.45, 2.75) is 483 Å². The van der Waals surface area contributed by atoms with Crippen LogP contribution >= 0.6 is 15.6 Å². The maximum Gasteiger partial charge on any atom is 0.472 e. The summed E-state index contributed by atoms with van der Waals surface area (Å²) >= 11 is 0. The van der Waals surface area contributed by atoms with Crippen LogP contribution in [0.15, 0.2) is 0 Å². The minimum Gasteiger partial charge on any atom is -0.462 e. The molecule has 0 aromatic heterocycles. The van der Waals surface area contributed by atoms with Crippen LogP contribution in [0, 0.1) is 5.92 Å². The van der Waals surface area contributed by atoms with Crippen LogP contribution in [-0.4, -0.2) is 96.7 Å². The van der Waals surface area contributed by atoms with Crippen molar-refractivity contribution in [2.24, 2.45) is 5.92 Å². The third-order valence-corrected chi connectivity index (χ3v) is 22.2. The summed E-state index contributed by atoms with van der Waals surface area (Å²) < 4.78 is 68.9. The molecule has 0 aliphatic rings. The number of phosphoric ester groups is 2. The van der Waals surface area contributed by atoms with Gasteiger partial charge >= 0.3 is 39.5 Å². The van der Waals surface area contributed by atoms with Crippen molar-refractivity contribution in [3.05, 3.63) is 0 Å². The Kier molecular flexibility index (Phi) is 77.3. The van der Waals surface area contributed by atoms with Crippen LogP contribution in [0.3, 0.4) is 0 Å². The van der Waals surface area contributed by atoms with E-state index in [9.17, 15) is 43.2 Å². The number of ether oxygens (including phenoxy) is 4. The zero-order valence-electron chi connectivity index (χ0n) is 68.9. The molecule has 0 heterocycles. The van der Waals surface area contributed by atoms with E-state index in [2.05, 4.69) is 34.6 Å². The Morgan fingerprint density at radius 1 is 0.257 bits per heavy atom. The van der Waals surface area contributed by atoms with Gasteiger partial charge in [-0.1, -0.05) is 413 Å². The summed E-state index contributed by atoms with van der Waals surface area (Å²) in [5.74, 6) is -1.28. The molecule has 19 heteroatoms. The fourth-order valence-electron chi connectivity index (χ4n) is 13.5. The molecule has 0 saturated heterocycles. The van der Waals surface area contributed by atoms with Crippen molar-refractivity contribution in [1.82, 2.24) is 0 Å². The number of phosphoric acid groups is 2. The molecule has 0 aliphatic heterocycles. The zero-order chi connectivity index (χ0) is 76.9. The highest BCUT2D eigenvalue weighted by Gasteiger charge is 2.30. The fourth-order valence-corrected chi connectivity index (χ4v) is 15.1. The molecule has 0 aromatic carbocycles. The van der Waals surface area contributed by atoms with Gasteiger partial charge in [-0.15, -0.1) is 0 Å². The van der Waals surface area contributed by atoms with Gasteiger partial charge < -0.3 is 33.8 Å². The van der Waals surface area contributed by atoms with Crippen LogP contribution in [-0.2, 0) is 65.4 Å². The smallest absolute Gasteiger partial charge is 0.462 e. The summed E-state index contributed by atoms with van der Waals surface area (Å²) in [5.41, 5.74) is 0. The van der Waals surface area contributed by atoms with Crippen molar-refractivity contribution < 1.29 is 80.2 Å². The van der Waals surface area contributed by atoms with Crippen LogP contribution in [0.1, 0.15) is 465 Å². The molecule has 0 rings (SSSR count). The van der Waals surface area contributed by atoms with E-state index in [0.717, 1.165) is 95.8 Å². The first-order chi connectivity index (χ1) is 51.0. The highest BCUT2D eigenvalue weighted by Crippen LogP contribution is 2.45. The predicted molar refractivity (Wildman–Crippen MR) is 432 cm³/mol. The molecule has 0 aliphatic carbocycles. The van der Waals surface area contributed by atoms with Crippen molar-refractivity contribution in [3.8, 4) is 0 Å². The fraction of sp³-hybridized carbons (Fsp3) is 0.953. The highest BCUT2D eigenvalue weighted by atomic mass is 31.2. The number of esters is 4. The van der Waals surface area contributed by atoms with Crippen molar-refractivity contribution in [2.75, 3.05) is 39.6 Å². The quantitative estimate of drug-likeness (QED) is 0.0222. The standard InChI is InChI=1S/C86H168O17P2/c1-6-9-12-15-18-21-24-27-28-29-30-34-37-41-45-50-55-60-65-70-84(89)97-76-82(103-86(91)72-67-62-57-52-47-42-38-35-32-31-33-36-40-43-48-53-58-63-68-79(4)5)78-101-105(94,95)99-74-80(87)73-98-104(92,93)100-77-81(75-96-83(88)69-64-59-54-49-44-26-23-20-17-14-11-8-3)102-85(90)71-66-61-56-51-46-39-25-22-19-16-13-10-7-2/h79-82,87H,6-78H2,1-5H3,(H,92,93)(H,94,95)/t80-,81+,82+/m0/s1. The first-order valence-corrected chi connectivity index (χ1v) is 47.6. The van der Waals surface area contributed by atoms with E-state index < -0.39 is 97.5 Å². The Morgan fingerprint density at radius 2 is 0.438 bits per heavy atom. The molecule has 0 amide bonds. The molecule has 0 saturated carbocycles. The average Bonchev–Trinajstić information content (AvgIpc) is 0.943. The number of hydrogen-bond acceptors (Lipinski definition) is 15. The van der Waals surface area contributed by atoms with Gasteiger partial charge in [0, 0.05) is 25.7 Å². The lowest BCUT2D eigenvalue weighted by molar-refractivity contribution is -0.161. The summed E-state index contributed by atoms with van der Waals surface area (Å²) in [4.78, 5) is 73.2. The average molecular weight is 1540 g/mol. The Morgan fingerprint density at radius 3 is 0.648 bits per heavy atom. The molecule has 2 unspecified atom stereocenters. The number of carbonyl (C=O) groups is 4. The van der Waals surface area contributed by atoms with Crippen molar-refractivity contribution >= 4 is 39.5 Å². The molecule has 5 atom stereocenters. The molecule has 0 bridgehead atoms. The number of aliphatic hydroxyl groups excluding tert-OH is 1. The molecule has 105 heavy (non-hydrogen) atoms. The molecule has 624 valence electrons. The van der Waals surface area contributed by atoms with Gasteiger partial charge in [0.1, 0.15) is 19.3 Å². The molecule has 17 nitrogen and oxygen atoms in total. The first kappa shape index (κ1) is 103. The van der Waals surface area contributed by atoms with Gasteiger partial charge in [0.15, 0.2) is 12.2 Å². The Balaban J connectivity index is 5.23. The van der Waals surface area contributed by atoms with E-state index >= 15 is 0 Å². The maximum absolute atomic E-state index is 13.1. The normalized spacial score (nSPS) is 13.8. The monoisotopic (exact) mass is 1540 g/mol. The van der Waals surface area contributed by atoms with Crippen LogP contribution in [0.5, 0.6) is 0 Å². The lowest BCUT2D eigenvalue weighted by atomic mass is 10.0. The Hall–Kier alpha value is -1.94. The summed E-state index contributed by atoms with van der Waals surface area (Å²) in [6, 6.07) is 0. The summed E-state index contributed by atoms with van der Waals surface area (Å²) in [6.07, 6.45) is 72.1. The second kappa shape index (κ2) is 78.7. The Bertz CT molecular complexity index is 2000. The summed E-state index contributed by atoms with van der Waals surface area (Å²) in [5, 5.41) is 10.7. The minimum absolute atomic E-state index is 0.109. The van der Waals surface area contributed by atoms with Crippen molar-refractivity contribution in [1.29, 1.82) is 0 Å². The van der Waals surface area contributed by atoms with Gasteiger partial charge in [-0.05, 0) is 31.6 Å². The van der Waals surface area contributed by atoms with Gasteiger partial charge in [0.05, 0.1) is 26.4 Å². The van der Waals surface area contributed by atoms with Crippen LogP contribution in [0.25, 0.3) is 0 Å².